The molecule has 20 heavy (non-hydrogen) atoms. The van der Waals surface area contributed by atoms with Gasteiger partial charge in [0, 0.05) is 25.1 Å². The molecule has 1 aromatic rings. The number of piperidine rings is 1. The van der Waals surface area contributed by atoms with Crippen LogP contribution in [0.25, 0.3) is 0 Å². The Bertz CT molecular complexity index is 498. The number of carboxylic acid groups (broad SMARTS) is 1. The van der Waals surface area contributed by atoms with Crippen LogP contribution in [0.5, 0.6) is 0 Å². The van der Waals surface area contributed by atoms with Gasteiger partial charge in [-0.3, -0.25) is 9.59 Å². The lowest BCUT2D eigenvalue weighted by atomic mass is 9.92. The van der Waals surface area contributed by atoms with Gasteiger partial charge in [-0.2, -0.15) is 0 Å². The Kier molecular flexibility index (Phi) is 4.77. The molecule has 0 saturated carbocycles. The first kappa shape index (κ1) is 14.6. The quantitative estimate of drug-likeness (QED) is 0.919. The topological polar surface area (TPSA) is 57.6 Å². The highest BCUT2D eigenvalue weighted by molar-refractivity contribution is 5.95. The van der Waals surface area contributed by atoms with E-state index < -0.39 is 5.97 Å². The van der Waals surface area contributed by atoms with Gasteiger partial charge < -0.3 is 10.0 Å². The standard InChI is InChI=1S/C16H21NO3/c1-12-5-2-3-7-14(12)16(20)17-10-4-6-13(11-17)8-9-15(18)19/h2-3,5,7,13H,4,6,8-11H2,1H3,(H,18,19)/t13-/m1/s1. The largest absolute Gasteiger partial charge is 0.481 e. The molecule has 1 heterocycles. The van der Waals surface area contributed by atoms with E-state index in [1.807, 2.05) is 36.1 Å². The maximum atomic E-state index is 12.5. The van der Waals surface area contributed by atoms with Gasteiger partial charge in [0.2, 0.25) is 0 Å². The van der Waals surface area contributed by atoms with Crippen molar-refractivity contribution in [1.29, 1.82) is 0 Å². The van der Waals surface area contributed by atoms with Crippen LogP contribution < -0.4 is 0 Å². The number of aryl methyl sites for hydroxylation is 1. The van der Waals surface area contributed by atoms with E-state index in [1.54, 1.807) is 0 Å². The lowest BCUT2D eigenvalue weighted by Crippen LogP contribution is -2.40. The van der Waals surface area contributed by atoms with Crippen molar-refractivity contribution in [2.45, 2.75) is 32.6 Å². The maximum absolute atomic E-state index is 12.5. The fraction of sp³-hybridized carbons (Fsp3) is 0.500. The Labute approximate surface area is 119 Å². The van der Waals surface area contributed by atoms with Gasteiger partial charge in [-0.25, -0.2) is 0 Å². The molecule has 0 unspecified atom stereocenters. The van der Waals surface area contributed by atoms with Crippen LogP contribution in [0.1, 0.15) is 41.6 Å². The van der Waals surface area contributed by atoms with Crippen LogP contribution in [0.4, 0.5) is 0 Å². The summed E-state index contributed by atoms with van der Waals surface area (Å²) in [5.41, 5.74) is 1.75. The number of benzene rings is 1. The van der Waals surface area contributed by atoms with Crippen molar-refractivity contribution in [3.8, 4) is 0 Å². The zero-order chi connectivity index (χ0) is 14.5. The first-order valence-electron chi connectivity index (χ1n) is 7.14. The van der Waals surface area contributed by atoms with Crippen molar-refractivity contribution >= 4 is 11.9 Å². The van der Waals surface area contributed by atoms with Crippen molar-refractivity contribution in [3.63, 3.8) is 0 Å². The predicted molar refractivity (Wildman–Crippen MR) is 76.7 cm³/mol. The average molecular weight is 275 g/mol. The molecule has 1 fully saturated rings. The van der Waals surface area contributed by atoms with E-state index >= 15 is 0 Å². The van der Waals surface area contributed by atoms with Gasteiger partial charge in [-0.1, -0.05) is 18.2 Å². The number of amides is 1. The molecule has 0 bridgehead atoms. The van der Waals surface area contributed by atoms with Crippen LogP contribution in [-0.2, 0) is 4.79 Å². The summed E-state index contributed by atoms with van der Waals surface area (Å²) in [6, 6.07) is 7.61. The second kappa shape index (κ2) is 6.55. The van der Waals surface area contributed by atoms with Gasteiger partial charge in [0.15, 0.2) is 0 Å². The Hall–Kier alpha value is -1.84. The summed E-state index contributed by atoms with van der Waals surface area (Å²) in [6.07, 6.45) is 2.83. The summed E-state index contributed by atoms with van der Waals surface area (Å²) in [7, 11) is 0. The number of hydrogen-bond acceptors (Lipinski definition) is 2. The van der Waals surface area contributed by atoms with Gasteiger partial charge >= 0.3 is 5.97 Å². The van der Waals surface area contributed by atoms with Crippen molar-refractivity contribution in [2.24, 2.45) is 5.92 Å². The first-order valence-corrected chi connectivity index (χ1v) is 7.14. The van der Waals surface area contributed by atoms with Gasteiger partial charge in [-0.15, -0.1) is 0 Å². The summed E-state index contributed by atoms with van der Waals surface area (Å²) in [5, 5.41) is 8.75. The molecular weight excluding hydrogens is 254 g/mol. The van der Waals surface area contributed by atoms with E-state index in [2.05, 4.69) is 0 Å². The number of hydrogen-bond donors (Lipinski definition) is 1. The molecule has 1 N–H and O–H groups in total. The fourth-order valence-electron chi connectivity index (χ4n) is 2.80. The minimum Gasteiger partial charge on any atom is -0.481 e. The second-order valence-corrected chi connectivity index (χ2v) is 5.51. The smallest absolute Gasteiger partial charge is 0.303 e. The number of rotatable bonds is 4. The molecule has 0 radical (unpaired) electrons. The van der Waals surface area contributed by atoms with E-state index in [-0.39, 0.29) is 12.3 Å². The summed E-state index contributed by atoms with van der Waals surface area (Å²) < 4.78 is 0. The van der Waals surface area contributed by atoms with Crippen LogP contribution >= 0.6 is 0 Å². The molecule has 1 saturated heterocycles. The minimum atomic E-state index is -0.757. The molecule has 1 aliphatic heterocycles. The van der Waals surface area contributed by atoms with Crippen molar-refractivity contribution in [3.05, 3.63) is 35.4 Å². The lowest BCUT2D eigenvalue weighted by molar-refractivity contribution is -0.137. The Balaban J connectivity index is 2.00. The van der Waals surface area contributed by atoms with Gasteiger partial charge in [0.1, 0.15) is 0 Å². The van der Waals surface area contributed by atoms with E-state index in [0.29, 0.717) is 18.9 Å². The Morgan fingerprint density at radius 2 is 2.10 bits per heavy atom. The van der Waals surface area contributed by atoms with E-state index in [0.717, 1.165) is 30.5 Å². The van der Waals surface area contributed by atoms with Crippen molar-refractivity contribution in [2.75, 3.05) is 13.1 Å². The molecule has 108 valence electrons. The lowest BCUT2D eigenvalue weighted by Gasteiger charge is -2.33. The molecule has 0 aromatic heterocycles. The van der Waals surface area contributed by atoms with E-state index in [4.69, 9.17) is 5.11 Å². The van der Waals surface area contributed by atoms with Crippen molar-refractivity contribution in [1.82, 2.24) is 4.90 Å². The summed E-state index contributed by atoms with van der Waals surface area (Å²) in [4.78, 5) is 25.0. The Morgan fingerprint density at radius 3 is 2.80 bits per heavy atom. The molecule has 1 amide bonds. The second-order valence-electron chi connectivity index (χ2n) is 5.51. The van der Waals surface area contributed by atoms with Crippen LogP contribution in [0.2, 0.25) is 0 Å². The third kappa shape index (κ3) is 3.59. The molecule has 4 nitrogen and oxygen atoms in total. The summed E-state index contributed by atoms with van der Waals surface area (Å²) in [5.74, 6) is -0.372. The molecule has 1 aliphatic rings. The highest BCUT2D eigenvalue weighted by Crippen LogP contribution is 2.23. The van der Waals surface area contributed by atoms with Crippen LogP contribution in [0.3, 0.4) is 0 Å². The number of aliphatic carboxylic acids is 1. The van der Waals surface area contributed by atoms with E-state index in [1.165, 1.54) is 0 Å². The zero-order valence-electron chi connectivity index (χ0n) is 11.8. The molecular formula is C16H21NO3. The molecule has 1 atom stereocenters. The van der Waals surface area contributed by atoms with Crippen molar-refractivity contribution < 1.29 is 14.7 Å². The SMILES string of the molecule is Cc1ccccc1C(=O)N1CCC[C@H](CCC(=O)O)C1. The third-order valence-corrected chi connectivity index (χ3v) is 3.95. The van der Waals surface area contributed by atoms with E-state index in [9.17, 15) is 9.59 Å². The monoisotopic (exact) mass is 275 g/mol. The minimum absolute atomic E-state index is 0.0723. The number of carboxylic acids is 1. The third-order valence-electron chi connectivity index (χ3n) is 3.95. The number of carbonyl (C=O) groups is 2. The van der Waals surface area contributed by atoms with Gasteiger partial charge in [-0.05, 0) is 43.7 Å². The summed E-state index contributed by atoms with van der Waals surface area (Å²) in [6.45, 7) is 3.40. The number of nitrogens with zero attached hydrogens (tertiary/aromatic N) is 1. The highest BCUT2D eigenvalue weighted by atomic mass is 16.4. The maximum Gasteiger partial charge on any atom is 0.303 e. The highest BCUT2D eigenvalue weighted by Gasteiger charge is 2.25. The molecule has 1 aromatic carbocycles. The number of carbonyl (C=O) groups excluding carboxylic acids is 1. The molecule has 0 spiro atoms. The normalized spacial score (nSPS) is 18.9. The fourth-order valence-corrected chi connectivity index (χ4v) is 2.80. The number of likely N-dealkylation sites (tertiary alicyclic amines) is 1. The van der Waals surface area contributed by atoms with Crippen LogP contribution in [-0.4, -0.2) is 35.0 Å². The molecule has 2 rings (SSSR count). The van der Waals surface area contributed by atoms with Gasteiger partial charge in [0.25, 0.3) is 5.91 Å². The van der Waals surface area contributed by atoms with Crippen LogP contribution in [0.15, 0.2) is 24.3 Å². The first-order chi connectivity index (χ1) is 9.58. The Morgan fingerprint density at radius 1 is 1.35 bits per heavy atom. The van der Waals surface area contributed by atoms with Gasteiger partial charge in [0.05, 0.1) is 0 Å². The average Bonchev–Trinajstić information content (AvgIpc) is 2.45. The summed E-state index contributed by atoms with van der Waals surface area (Å²) >= 11 is 0. The zero-order valence-corrected chi connectivity index (χ0v) is 11.8. The molecule has 4 heteroatoms. The van der Waals surface area contributed by atoms with Crippen LogP contribution in [0, 0.1) is 12.8 Å². The molecule has 0 aliphatic carbocycles. The predicted octanol–water partition coefficient (Wildman–Crippen LogP) is 2.71.